The summed E-state index contributed by atoms with van der Waals surface area (Å²) in [5.41, 5.74) is 3.84. The molecule has 1 heterocycles. The minimum Gasteiger partial charge on any atom is -0.353 e. The third-order valence-electron chi connectivity index (χ3n) is 6.26. The van der Waals surface area contributed by atoms with Gasteiger partial charge >= 0.3 is 5.69 Å². The number of nitrogens with one attached hydrogen (secondary N) is 1. The molecule has 1 N–H and O–H groups in total. The van der Waals surface area contributed by atoms with E-state index in [1.807, 2.05) is 126 Å². The van der Waals surface area contributed by atoms with E-state index < -0.39 is 4.92 Å². The highest BCUT2D eigenvalue weighted by atomic mass is 16.6. The Kier molecular flexibility index (Phi) is 7.65. The van der Waals surface area contributed by atoms with E-state index in [9.17, 15) is 10.1 Å². The Morgan fingerprint density at radius 2 is 1.13 bits per heavy atom. The van der Waals surface area contributed by atoms with Gasteiger partial charge in [0, 0.05) is 13.1 Å². The predicted octanol–water partition coefficient (Wildman–Crippen LogP) is 6.79. The highest BCUT2D eigenvalue weighted by Crippen LogP contribution is 2.36. The van der Waals surface area contributed by atoms with E-state index in [-0.39, 0.29) is 23.4 Å². The summed E-state index contributed by atoms with van der Waals surface area (Å²) in [7, 11) is 0. The highest BCUT2D eigenvalue weighted by molar-refractivity contribution is 5.71. The number of hydrogen-bond acceptors (Lipinski definition) is 6. The first kappa shape index (κ1) is 24.6. The summed E-state index contributed by atoms with van der Waals surface area (Å²) in [6, 6.07) is 39.1. The number of anilines is 2. The van der Waals surface area contributed by atoms with E-state index in [2.05, 4.69) is 15.3 Å². The van der Waals surface area contributed by atoms with Gasteiger partial charge in [-0.1, -0.05) is 121 Å². The molecule has 1 aromatic heterocycles. The molecule has 38 heavy (non-hydrogen) atoms. The molecule has 0 spiro atoms. The molecule has 5 aromatic rings. The molecule has 0 fully saturated rings. The zero-order valence-corrected chi connectivity index (χ0v) is 20.7. The minimum atomic E-state index is -0.395. The van der Waals surface area contributed by atoms with Gasteiger partial charge in [-0.15, -0.1) is 0 Å². The van der Waals surface area contributed by atoms with Crippen molar-refractivity contribution in [1.29, 1.82) is 0 Å². The average molecular weight is 502 g/mol. The average Bonchev–Trinajstić information content (AvgIpc) is 2.97. The molecule has 0 aliphatic carbocycles. The molecule has 0 saturated carbocycles. The summed E-state index contributed by atoms with van der Waals surface area (Å²) in [6.45, 7) is 0.904. The largest absolute Gasteiger partial charge is 0.353 e. The first-order chi connectivity index (χ1) is 18.7. The fourth-order valence-electron chi connectivity index (χ4n) is 4.47. The van der Waals surface area contributed by atoms with Crippen molar-refractivity contribution in [2.75, 3.05) is 10.2 Å². The van der Waals surface area contributed by atoms with Crippen molar-refractivity contribution in [3.63, 3.8) is 0 Å². The van der Waals surface area contributed by atoms with Crippen LogP contribution in [0.4, 0.5) is 17.3 Å². The molecular formula is C31H27N5O2. The Morgan fingerprint density at radius 1 is 0.684 bits per heavy atom. The molecule has 0 atom stereocenters. The normalized spacial score (nSPS) is 10.8. The van der Waals surface area contributed by atoms with Gasteiger partial charge < -0.3 is 10.2 Å². The molecule has 7 heteroatoms. The Balaban J connectivity index is 1.58. The van der Waals surface area contributed by atoms with Gasteiger partial charge in [-0.05, 0) is 22.3 Å². The van der Waals surface area contributed by atoms with Gasteiger partial charge in [0.2, 0.25) is 11.6 Å². The zero-order chi connectivity index (χ0) is 26.2. The second-order valence-electron chi connectivity index (χ2n) is 8.88. The van der Waals surface area contributed by atoms with E-state index >= 15 is 0 Å². The summed E-state index contributed by atoms with van der Waals surface area (Å²) in [5, 5.41) is 15.9. The van der Waals surface area contributed by atoms with Crippen LogP contribution in [0.15, 0.2) is 128 Å². The van der Waals surface area contributed by atoms with E-state index in [0.717, 1.165) is 22.3 Å². The molecule has 0 saturated heterocycles. The number of benzene rings is 4. The fraction of sp³-hybridized carbons (Fsp3) is 0.0968. The van der Waals surface area contributed by atoms with Crippen LogP contribution in [0.1, 0.15) is 28.3 Å². The molecule has 7 nitrogen and oxygen atoms in total. The van der Waals surface area contributed by atoms with Crippen molar-refractivity contribution in [2.24, 2.45) is 0 Å². The maximum atomic E-state index is 12.6. The lowest BCUT2D eigenvalue weighted by Crippen LogP contribution is -2.25. The van der Waals surface area contributed by atoms with Gasteiger partial charge in [0.05, 0.1) is 11.0 Å². The first-order valence-corrected chi connectivity index (χ1v) is 12.4. The molecule has 0 radical (unpaired) electrons. The van der Waals surface area contributed by atoms with Crippen LogP contribution in [0.3, 0.4) is 0 Å². The van der Waals surface area contributed by atoms with Crippen LogP contribution in [0.5, 0.6) is 0 Å². The smallest absolute Gasteiger partial charge is 0.353 e. The molecule has 5 rings (SSSR count). The molecule has 4 aromatic carbocycles. The van der Waals surface area contributed by atoms with Gasteiger partial charge in [0.1, 0.15) is 6.33 Å². The number of aromatic nitrogens is 2. The maximum absolute atomic E-state index is 12.6. The van der Waals surface area contributed by atoms with Gasteiger partial charge in [-0.2, -0.15) is 0 Å². The Labute approximate surface area is 221 Å². The second-order valence-corrected chi connectivity index (χ2v) is 8.88. The molecule has 0 amide bonds. The summed E-state index contributed by atoms with van der Waals surface area (Å²) < 4.78 is 0. The number of rotatable bonds is 10. The molecule has 0 bridgehead atoms. The Hall–Kier alpha value is -5.04. The topological polar surface area (TPSA) is 84.2 Å². The lowest BCUT2D eigenvalue weighted by molar-refractivity contribution is -0.383. The van der Waals surface area contributed by atoms with Gasteiger partial charge in [0.25, 0.3) is 0 Å². The first-order valence-electron chi connectivity index (χ1n) is 12.4. The van der Waals surface area contributed by atoms with E-state index in [4.69, 9.17) is 0 Å². The van der Waals surface area contributed by atoms with Crippen molar-refractivity contribution >= 4 is 17.3 Å². The van der Waals surface area contributed by atoms with Crippen LogP contribution in [0, 0.1) is 10.1 Å². The molecular weight excluding hydrogens is 474 g/mol. The monoisotopic (exact) mass is 501 g/mol. The van der Waals surface area contributed by atoms with Crippen LogP contribution >= 0.6 is 0 Å². The van der Waals surface area contributed by atoms with Crippen LogP contribution < -0.4 is 10.2 Å². The number of nitro groups is 1. The molecule has 188 valence electrons. The lowest BCUT2D eigenvalue weighted by Gasteiger charge is -2.25. The lowest BCUT2D eigenvalue weighted by atomic mass is 9.98. The van der Waals surface area contributed by atoms with Crippen LogP contribution in [0.25, 0.3) is 0 Å². The van der Waals surface area contributed by atoms with E-state index in [0.29, 0.717) is 13.1 Å². The summed E-state index contributed by atoms with van der Waals surface area (Å²) in [4.78, 5) is 22.9. The third-order valence-corrected chi connectivity index (χ3v) is 6.26. The summed E-state index contributed by atoms with van der Waals surface area (Å²) in [5.74, 6) is 0.434. The second kappa shape index (κ2) is 11.8. The maximum Gasteiger partial charge on any atom is 0.353 e. The molecule has 0 aliphatic heterocycles. The SMILES string of the molecule is O=[N+]([O-])c1c(NC(c2ccccc2)c2ccccc2)ncnc1N(Cc1ccccc1)Cc1ccccc1. The zero-order valence-electron chi connectivity index (χ0n) is 20.7. The van der Waals surface area contributed by atoms with Gasteiger partial charge in [-0.25, -0.2) is 9.97 Å². The summed E-state index contributed by atoms with van der Waals surface area (Å²) >= 11 is 0. The van der Waals surface area contributed by atoms with Gasteiger partial charge in [-0.3, -0.25) is 10.1 Å². The third kappa shape index (κ3) is 5.84. The quantitative estimate of drug-likeness (QED) is 0.167. The minimum absolute atomic E-state index is 0.156. The van der Waals surface area contributed by atoms with Gasteiger partial charge in [0.15, 0.2) is 0 Å². The Morgan fingerprint density at radius 3 is 1.58 bits per heavy atom. The molecule has 0 aliphatic rings. The van der Waals surface area contributed by atoms with Crippen molar-refractivity contribution < 1.29 is 4.92 Å². The Bertz CT molecular complexity index is 1390. The van der Waals surface area contributed by atoms with Crippen LogP contribution in [-0.2, 0) is 13.1 Å². The molecule has 0 unspecified atom stereocenters. The fourth-order valence-corrected chi connectivity index (χ4v) is 4.47. The van der Waals surface area contributed by atoms with Crippen molar-refractivity contribution in [1.82, 2.24) is 9.97 Å². The van der Waals surface area contributed by atoms with Crippen molar-refractivity contribution in [3.05, 3.63) is 160 Å². The van der Waals surface area contributed by atoms with E-state index in [1.165, 1.54) is 6.33 Å². The number of hydrogen-bond donors (Lipinski definition) is 1. The standard InChI is InChI=1S/C31H27N5O2/c37-36(38)29-30(34-28(26-17-9-3-10-18-26)27-19-11-4-12-20-27)32-23-33-31(29)35(21-24-13-5-1-6-14-24)22-25-15-7-2-8-16-25/h1-20,23,28H,21-22H2,(H,32,33,34). The van der Waals surface area contributed by atoms with E-state index in [1.54, 1.807) is 0 Å². The van der Waals surface area contributed by atoms with Crippen molar-refractivity contribution in [3.8, 4) is 0 Å². The highest BCUT2D eigenvalue weighted by Gasteiger charge is 2.29. The van der Waals surface area contributed by atoms with Crippen LogP contribution in [0.2, 0.25) is 0 Å². The predicted molar refractivity (Wildman–Crippen MR) is 150 cm³/mol. The van der Waals surface area contributed by atoms with Crippen LogP contribution in [-0.4, -0.2) is 14.9 Å². The number of nitrogens with zero attached hydrogens (tertiary/aromatic N) is 4. The summed E-state index contributed by atoms with van der Waals surface area (Å²) in [6.07, 6.45) is 1.39. The van der Waals surface area contributed by atoms with Crippen molar-refractivity contribution in [2.45, 2.75) is 19.1 Å².